The van der Waals surface area contributed by atoms with Crippen LogP contribution in [0.15, 0.2) is 47.9 Å². The lowest BCUT2D eigenvalue weighted by Gasteiger charge is -2.42. The van der Waals surface area contributed by atoms with E-state index < -0.39 is 23.7 Å². The third-order valence-electron chi connectivity index (χ3n) is 4.76. The average molecular weight is 382 g/mol. The van der Waals surface area contributed by atoms with E-state index in [-0.39, 0.29) is 24.4 Å². The molecule has 2 heterocycles. The Kier molecular flexibility index (Phi) is 5.41. The smallest absolute Gasteiger partial charge is 0.327 e. The van der Waals surface area contributed by atoms with Crippen LogP contribution in [0.2, 0.25) is 0 Å². The lowest BCUT2D eigenvalue weighted by atomic mass is 9.96. The quantitative estimate of drug-likeness (QED) is 0.788. The summed E-state index contributed by atoms with van der Waals surface area (Å²) >= 11 is 0. The molecule has 0 saturated carbocycles. The van der Waals surface area contributed by atoms with Crippen molar-refractivity contribution >= 4 is 34.1 Å². The van der Waals surface area contributed by atoms with E-state index in [9.17, 15) is 19.5 Å². The Balaban J connectivity index is 2.21. The molecule has 1 aliphatic heterocycles. The number of pyridine rings is 1. The van der Waals surface area contributed by atoms with Gasteiger partial charge in [0.2, 0.25) is 0 Å². The Morgan fingerprint density at radius 3 is 2.50 bits per heavy atom. The Labute approximate surface area is 162 Å². The van der Waals surface area contributed by atoms with Gasteiger partial charge in [-0.3, -0.25) is 24.4 Å². The van der Waals surface area contributed by atoms with Crippen LogP contribution in [0.5, 0.6) is 0 Å². The largest absolute Gasteiger partial charge is 0.480 e. The van der Waals surface area contributed by atoms with E-state index in [4.69, 9.17) is 0 Å². The lowest BCUT2D eigenvalue weighted by Crippen LogP contribution is -2.60. The fourth-order valence-corrected chi connectivity index (χ4v) is 3.56. The molecule has 1 aromatic carbocycles. The maximum absolute atomic E-state index is 13.1. The van der Waals surface area contributed by atoms with E-state index in [2.05, 4.69) is 10.3 Å². The zero-order valence-corrected chi connectivity index (χ0v) is 16.0. The number of carbonyl (C=O) groups is 3. The number of hydrogen-bond donors (Lipinski definition) is 2. The highest BCUT2D eigenvalue weighted by molar-refractivity contribution is 6.12. The number of hydrazine groups is 1. The van der Waals surface area contributed by atoms with Crippen LogP contribution >= 0.6 is 0 Å². The van der Waals surface area contributed by atoms with Gasteiger partial charge in [0.25, 0.3) is 5.91 Å². The van der Waals surface area contributed by atoms with Gasteiger partial charge in [0.15, 0.2) is 11.8 Å². The zero-order chi connectivity index (χ0) is 20.4. The molecule has 2 aromatic rings. The molecule has 0 radical (unpaired) electrons. The molecule has 8 nitrogen and oxygen atoms in total. The summed E-state index contributed by atoms with van der Waals surface area (Å²) in [4.78, 5) is 41.7. The summed E-state index contributed by atoms with van der Waals surface area (Å²) in [7, 11) is 0. The minimum absolute atomic E-state index is 0.0235. The van der Waals surface area contributed by atoms with Crippen molar-refractivity contribution in [3.05, 3.63) is 47.9 Å². The highest BCUT2D eigenvalue weighted by Gasteiger charge is 2.44. The number of likely N-dealkylation sites (N-methyl/N-ethyl adjacent to an activating group) is 2. The first-order valence-corrected chi connectivity index (χ1v) is 9.06. The van der Waals surface area contributed by atoms with Gasteiger partial charge in [-0.05, 0) is 13.8 Å². The van der Waals surface area contributed by atoms with Crippen molar-refractivity contribution in [1.29, 1.82) is 0 Å². The molecule has 1 amide bonds. The number of carboxylic acids is 1. The molecule has 0 fully saturated rings. The van der Waals surface area contributed by atoms with Crippen LogP contribution < -0.4 is 5.32 Å². The second kappa shape index (κ2) is 7.77. The summed E-state index contributed by atoms with van der Waals surface area (Å²) in [6, 6.07) is 6.23. The van der Waals surface area contributed by atoms with Crippen molar-refractivity contribution in [2.45, 2.75) is 26.8 Å². The van der Waals surface area contributed by atoms with Crippen molar-refractivity contribution < 1.29 is 19.5 Å². The molecule has 8 heteroatoms. The number of nitrogens with zero attached hydrogens (tertiary/aromatic N) is 3. The Morgan fingerprint density at radius 1 is 1.18 bits per heavy atom. The molecule has 3 rings (SSSR count). The Hall–Kier alpha value is -3.26. The van der Waals surface area contributed by atoms with Crippen LogP contribution in [0.4, 0.5) is 5.69 Å². The molecular formula is C20H22N4O4. The summed E-state index contributed by atoms with van der Waals surface area (Å²) in [5, 5.41) is 17.3. The minimum Gasteiger partial charge on any atom is -0.480 e. The Bertz CT molecular complexity index is 980. The number of amides is 1. The number of aromatic nitrogens is 1. The standard InChI is InChI=1S/C20H22N4O4/c1-4-23-18(20(27)28)16(12(3)25)17(19(26)24(23)5-2)22-15-11-21-10-13-8-6-7-9-14(13)15/h6-11,18,22H,4-5H2,1-3H3,(H,27,28). The summed E-state index contributed by atoms with van der Waals surface area (Å²) in [5.74, 6) is -2.10. The molecule has 2 N–H and O–H groups in total. The molecule has 0 spiro atoms. The van der Waals surface area contributed by atoms with Crippen LogP contribution in [0.3, 0.4) is 0 Å². The molecule has 146 valence electrons. The number of carbonyl (C=O) groups excluding carboxylic acids is 2. The predicted molar refractivity (Wildman–Crippen MR) is 104 cm³/mol. The van der Waals surface area contributed by atoms with E-state index >= 15 is 0 Å². The number of fused-ring (bicyclic) bond motifs is 1. The summed E-state index contributed by atoms with van der Waals surface area (Å²) in [6.07, 6.45) is 3.25. The number of benzene rings is 1. The van der Waals surface area contributed by atoms with Gasteiger partial charge in [-0.25, -0.2) is 0 Å². The molecule has 1 atom stereocenters. The van der Waals surface area contributed by atoms with E-state index in [0.717, 1.165) is 10.8 Å². The highest BCUT2D eigenvalue weighted by atomic mass is 16.4. The number of aliphatic carboxylic acids is 1. The van der Waals surface area contributed by atoms with Gasteiger partial charge in [-0.2, -0.15) is 5.01 Å². The fraction of sp³-hybridized carbons (Fsp3) is 0.300. The van der Waals surface area contributed by atoms with Gasteiger partial charge in [-0.15, -0.1) is 0 Å². The minimum atomic E-state index is -1.24. The first kappa shape index (κ1) is 19.5. The first-order valence-electron chi connectivity index (χ1n) is 9.06. The number of hydrogen-bond acceptors (Lipinski definition) is 6. The van der Waals surface area contributed by atoms with Crippen molar-refractivity contribution in [3.8, 4) is 0 Å². The predicted octanol–water partition coefficient (Wildman–Crippen LogP) is 2.04. The van der Waals surface area contributed by atoms with Crippen molar-refractivity contribution in [3.63, 3.8) is 0 Å². The fourth-order valence-electron chi connectivity index (χ4n) is 3.56. The van der Waals surface area contributed by atoms with Crippen LogP contribution in [0.1, 0.15) is 20.8 Å². The van der Waals surface area contributed by atoms with Crippen LogP contribution in [0.25, 0.3) is 10.8 Å². The van der Waals surface area contributed by atoms with E-state index in [1.54, 1.807) is 26.2 Å². The molecule has 0 aliphatic carbocycles. The number of ketones is 1. The molecular weight excluding hydrogens is 360 g/mol. The normalized spacial score (nSPS) is 17.9. The van der Waals surface area contributed by atoms with Crippen molar-refractivity contribution in [2.24, 2.45) is 0 Å². The Morgan fingerprint density at radius 2 is 1.89 bits per heavy atom. The van der Waals surface area contributed by atoms with Gasteiger partial charge in [0.1, 0.15) is 5.70 Å². The van der Waals surface area contributed by atoms with Gasteiger partial charge in [0.05, 0.1) is 17.5 Å². The van der Waals surface area contributed by atoms with Crippen LogP contribution in [-0.4, -0.2) is 56.9 Å². The number of carboxylic acid groups (broad SMARTS) is 1. The van der Waals surface area contributed by atoms with Gasteiger partial charge < -0.3 is 10.4 Å². The number of Topliss-reactive ketones (excluding diaryl/α,β-unsaturated/α-hetero) is 1. The summed E-state index contributed by atoms with van der Waals surface area (Å²) in [5.41, 5.74) is 0.451. The van der Waals surface area contributed by atoms with Crippen molar-refractivity contribution in [1.82, 2.24) is 15.0 Å². The second-order valence-electron chi connectivity index (χ2n) is 6.40. The summed E-state index contributed by atoms with van der Waals surface area (Å²) in [6.45, 7) is 5.33. The third-order valence-corrected chi connectivity index (χ3v) is 4.76. The summed E-state index contributed by atoms with van der Waals surface area (Å²) < 4.78 is 0. The first-order chi connectivity index (χ1) is 13.4. The van der Waals surface area contributed by atoms with Crippen LogP contribution in [-0.2, 0) is 14.4 Å². The molecule has 28 heavy (non-hydrogen) atoms. The van der Waals surface area contributed by atoms with E-state index in [1.165, 1.54) is 16.9 Å². The van der Waals surface area contributed by atoms with Gasteiger partial charge in [0, 0.05) is 30.1 Å². The topological polar surface area (TPSA) is 103 Å². The molecule has 1 aliphatic rings. The van der Waals surface area contributed by atoms with Crippen LogP contribution in [0, 0.1) is 0 Å². The molecule has 1 unspecified atom stereocenters. The second-order valence-corrected chi connectivity index (χ2v) is 6.40. The van der Waals surface area contributed by atoms with Gasteiger partial charge in [-0.1, -0.05) is 31.2 Å². The molecule has 0 bridgehead atoms. The maximum atomic E-state index is 13.1. The lowest BCUT2D eigenvalue weighted by molar-refractivity contribution is -0.162. The molecule has 0 saturated heterocycles. The SMILES string of the molecule is CCN1C(=O)C(Nc2cncc3ccccc23)=C(C(C)=O)C(C(=O)O)N1CC. The maximum Gasteiger partial charge on any atom is 0.327 e. The monoisotopic (exact) mass is 382 g/mol. The number of rotatable bonds is 6. The highest BCUT2D eigenvalue weighted by Crippen LogP contribution is 2.30. The molecule has 1 aromatic heterocycles. The third kappa shape index (κ3) is 3.22. The van der Waals surface area contributed by atoms with E-state index in [0.29, 0.717) is 5.69 Å². The van der Waals surface area contributed by atoms with E-state index in [1.807, 2.05) is 24.3 Å². The van der Waals surface area contributed by atoms with Crippen molar-refractivity contribution in [2.75, 3.05) is 18.4 Å². The zero-order valence-electron chi connectivity index (χ0n) is 16.0. The number of anilines is 1. The van der Waals surface area contributed by atoms with Gasteiger partial charge >= 0.3 is 5.97 Å². The average Bonchev–Trinajstić information content (AvgIpc) is 2.68. The number of nitrogens with one attached hydrogen (secondary N) is 1.